The molecule has 168 valence electrons. The zero-order valence-electron chi connectivity index (χ0n) is 18.8. The topological polar surface area (TPSA) is 90.5 Å². The molecule has 1 unspecified atom stereocenters. The molecule has 0 bridgehead atoms. The monoisotopic (exact) mass is 446 g/mol. The van der Waals surface area contributed by atoms with E-state index in [9.17, 15) is 9.59 Å². The van der Waals surface area contributed by atoms with Gasteiger partial charge in [0.1, 0.15) is 17.2 Å². The molecule has 9 heteroatoms. The summed E-state index contributed by atoms with van der Waals surface area (Å²) in [5.41, 5.74) is 2.55. The van der Waals surface area contributed by atoms with E-state index in [-0.39, 0.29) is 18.0 Å². The number of amides is 3. The van der Waals surface area contributed by atoms with E-state index >= 15 is 0 Å². The van der Waals surface area contributed by atoms with Crippen LogP contribution in [-0.2, 0) is 11.2 Å². The lowest BCUT2D eigenvalue weighted by Gasteiger charge is -2.21. The molecular formula is C22H31ClN6O2. The molecule has 1 aromatic heterocycles. The Kier molecular flexibility index (Phi) is 9.05. The van der Waals surface area contributed by atoms with Crippen LogP contribution < -0.4 is 10.6 Å². The Morgan fingerprint density at radius 2 is 1.74 bits per heavy atom. The third-order valence-corrected chi connectivity index (χ3v) is 5.48. The first-order valence-electron chi connectivity index (χ1n) is 10.3. The number of nitrogens with zero attached hydrogens (tertiary/aromatic N) is 4. The average molecular weight is 447 g/mol. The number of rotatable bonds is 9. The third kappa shape index (κ3) is 7.10. The van der Waals surface area contributed by atoms with Crippen LogP contribution in [0.2, 0.25) is 5.02 Å². The molecule has 0 saturated carbocycles. The van der Waals surface area contributed by atoms with Crippen LogP contribution in [0.3, 0.4) is 0 Å². The van der Waals surface area contributed by atoms with Crippen molar-refractivity contribution < 1.29 is 9.59 Å². The molecule has 1 heterocycles. The van der Waals surface area contributed by atoms with Gasteiger partial charge in [-0.25, -0.2) is 14.8 Å². The van der Waals surface area contributed by atoms with Crippen LogP contribution in [0.5, 0.6) is 0 Å². The van der Waals surface area contributed by atoms with Gasteiger partial charge in [-0.05, 0) is 37.5 Å². The first kappa shape index (κ1) is 24.4. The molecule has 2 aromatic rings. The molecular weight excluding hydrogens is 416 g/mol. The van der Waals surface area contributed by atoms with Gasteiger partial charge in [-0.3, -0.25) is 4.79 Å². The van der Waals surface area contributed by atoms with E-state index in [2.05, 4.69) is 20.6 Å². The quantitative estimate of drug-likeness (QED) is 0.602. The number of aryl methyl sites for hydroxylation is 1. The minimum absolute atomic E-state index is 0.0173. The fraction of sp³-hybridized carbons (Fsp3) is 0.455. The predicted octanol–water partition coefficient (Wildman–Crippen LogP) is 4.20. The number of benzene rings is 1. The van der Waals surface area contributed by atoms with Crippen molar-refractivity contribution in [3.63, 3.8) is 0 Å². The van der Waals surface area contributed by atoms with Gasteiger partial charge in [0.25, 0.3) is 0 Å². The molecule has 0 fully saturated rings. The second-order valence-electron chi connectivity index (χ2n) is 7.47. The zero-order valence-corrected chi connectivity index (χ0v) is 19.5. The first-order chi connectivity index (χ1) is 14.7. The summed E-state index contributed by atoms with van der Waals surface area (Å²) in [4.78, 5) is 35.3. The Labute approximate surface area is 189 Å². The SMILES string of the molecule is CCc1ncnc(NC(C)c2ccc(NC(=O)N(C)CCCN(C)C(C)=O)cc2)c1Cl. The summed E-state index contributed by atoms with van der Waals surface area (Å²) in [6.07, 6.45) is 2.96. The number of nitrogens with one attached hydrogen (secondary N) is 2. The van der Waals surface area contributed by atoms with Gasteiger partial charge >= 0.3 is 6.03 Å². The number of anilines is 2. The molecule has 2 rings (SSSR count). The number of hydrogen-bond donors (Lipinski definition) is 2. The number of urea groups is 1. The summed E-state index contributed by atoms with van der Waals surface area (Å²) in [7, 11) is 3.49. The maximum Gasteiger partial charge on any atom is 0.321 e. The number of hydrogen-bond acceptors (Lipinski definition) is 5. The van der Waals surface area contributed by atoms with Gasteiger partial charge in [0.15, 0.2) is 0 Å². The Hall–Kier alpha value is -2.87. The average Bonchev–Trinajstić information content (AvgIpc) is 2.75. The van der Waals surface area contributed by atoms with Gasteiger partial charge in [-0.2, -0.15) is 0 Å². The maximum atomic E-state index is 12.4. The number of carbonyl (C=O) groups excluding carboxylic acids is 2. The second kappa shape index (κ2) is 11.5. The van der Waals surface area contributed by atoms with Gasteiger partial charge in [-0.15, -0.1) is 0 Å². The van der Waals surface area contributed by atoms with Crippen molar-refractivity contribution in [2.45, 2.75) is 39.7 Å². The molecule has 0 spiro atoms. The van der Waals surface area contributed by atoms with E-state index in [1.54, 1.807) is 23.9 Å². The van der Waals surface area contributed by atoms with Crippen LogP contribution >= 0.6 is 11.6 Å². The largest absolute Gasteiger partial charge is 0.362 e. The molecule has 3 amide bonds. The lowest BCUT2D eigenvalue weighted by atomic mass is 10.1. The van der Waals surface area contributed by atoms with Crippen molar-refractivity contribution in [2.24, 2.45) is 0 Å². The fourth-order valence-corrected chi connectivity index (χ4v) is 3.21. The summed E-state index contributed by atoms with van der Waals surface area (Å²) in [6, 6.07) is 7.41. The summed E-state index contributed by atoms with van der Waals surface area (Å²) < 4.78 is 0. The molecule has 8 nitrogen and oxygen atoms in total. The maximum absolute atomic E-state index is 12.4. The summed E-state index contributed by atoms with van der Waals surface area (Å²) >= 11 is 6.36. The van der Waals surface area contributed by atoms with E-state index < -0.39 is 0 Å². The molecule has 31 heavy (non-hydrogen) atoms. The van der Waals surface area contributed by atoms with Crippen molar-refractivity contribution in [3.05, 3.63) is 46.9 Å². The number of halogens is 1. The molecule has 2 N–H and O–H groups in total. The number of carbonyl (C=O) groups is 2. The van der Waals surface area contributed by atoms with Crippen LogP contribution in [-0.4, -0.2) is 58.9 Å². The van der Waals surface area contributed by atoms with Crippen LogP contribution in [0.25, 0.3) is 0 Å². The van der Waals surface area contributed by atoms with Crippen LogP contribution in [0, 0.1) is 0 Å². The lowest BCUT2D eigenvalue weighted by molar-refractivity contribution is -0.127. The number of aromatic nitrogens is 2. The minimum atomic E-state index is -0.190. The Morgan fingerprint density at radius 3 is 2.35 bits per heavy atom. The molecule has 0 aliphatic heterocycles. The van der Waals surface area contributed by atoms with Crippen LogP contribution in [0.15, 0.2) is 30.6 Å². The lowest BCUT2D eigenvalue weighted by Crippen LogP contribution is -2.34. The van der Waals surface area contributed by atoms with Crippen LogP contribution in [0.4, 0.5) is 16.3 Å². The van der Waals surface area contributed by atoms with Crippen molar-refractivity contribution in [3.8, 4) is 0 Å². The fourth-order valence-electron chi connectivity index (χ4n) is 2.92. The Morgan fingerprint density at radius 1 is 1.10 bits per heavy atom. The summed E-state index contributed by atoms with van der Waals surface area (Å²) in [5.74, 6) is 0.624. The molecule has 0 radical (unpaired) electrons. The predicted molar refractivity (Wildman–Crippen MR) is 124 cm³/mol. The van der Waals surface area contributed by atoms with E-state index in [1.165, 1.54) is 13.3 Å². The van der Waals surface area contributed by atoms with Gasteiger partial charge in [-0.1, -0.05) is 30.7 Å². The van der Waals surface area contributed by atoms with Gasteiger partial charge in [0.05, 0.1) is 5.69 Å². The Bertz CT molecular complexity index is 890. The zero-order chi connectivity index (χ0) is 23.0. The summed E-state index contributed by atoms with van der Waals surface area (Å²) in [5, 5.41) is 6.74. The highest BCUT2D eigenvalue weighted by molar-refractivity contribution is 6.33. The standard InChI is InChI=1S/C22H31ClN6O2/c1-6-19-20(23)21(25-14-24-19)26-15(2)17-8-10-18(11-9-17)27-22(31)29(5)13-7-12-28(4)16(3)30/h8-11,14-15H,6-7,12-13H2,1-5H3,(H,27,31)(H,24,25,26). The highest BCUT2D eigenvalue weighted by atomic mass is 35.5. The van der Waals surface area contributed by atoms with Crippen molar-refractivity contribution in [1.82, 2.24) is 19.8 Å². The van der Waals surface area contributed by atoms with E-state index in [0.29, 0.717) is 36.0 Å². The van der Waals surface area contributed by atoms with Gasteiger partial charge in [0.2, 0.25) is 5.91 Å². The van der Waals surface area contributed by atoms with Gasteiger partial charge < -0.3 is 20.4 Å². The van der Waals surface area contributed by atoms with Gasteiger partial charge in [0, 0.05) is 45.8 Å². The second-order valence-corrected chi connectivity index (χ2v) is 7.85. The molecule has 0 aliphatic rings. The highest BCUT2D eigenvalue weighted by Gasteiger charge is 2.13. The Balaban J connectivity index is 1.89. The van der Waals surface area contributed by atoms with Crippen molar-refractivity contribution in [2.75, 3.05) is 37.8 Å². The van der Waals surface area contributed by atoms with E-state index in [1.807, 2.05) is 38.1 Å². The smallest absolute Gasteiger partial charge is 0.321 e. The molecule has 1 atom stereocenters. The van der Waals surface area contributed by atoms with E-state index in [0.717, 1.165) is 17.7 Å². The third-order valence-electron chi connectivity index (χ3n) is 5.08. The van der Waals surface area contributed by atoms with Crippen molar-refractivity contribution >= 4 is 35.0 Å². The summed E-state index contributed by atoms with van der Waals surface area (Å²) in [6.45, 7) is 6.71. The molecule has 1 aromatic carbocycles. The van der Waals surface area contributed by atoms with Crippen molar-refractivity contribution in [1.29, 1.82) is 0 Å². The first-order valence-corrected chi connectivity index (χ1v) is 10.7. The van der Waals surface area contributed by atoms with E-state index in [4.69, 9.17) is 11.6 Å². The van der Waals surface area contributed by atoms with Crippen LogP contribution in [0.1, 0.15) is 44.5 Å². The molecule has 0 aliphatic carbocycles. The molecule has 0 saturated heterocycles. The normalized spacial score (nSPS) is 11.5. The highest BCUT2D eigenvalue weighted by Crippen LogP contribution is 2.26. The minimum Gasteiger partial charge on any atom is -0.362 e.